The Morgan fingerprint density at radius 3 is 2.94 bits per heavy atom. The van der Waals surface area contributed by atoms with Crippen molar-refractivity contribution in [1.82, 2.24) is 10.3 Å². The highest BCUT2D eigenvalue weighted by Crippen LogP contribution is 2.27. The molecular weight excluding hydrogens is 237 g/mol. The molecule has 6 heteroatoms. The van der Waals surface area contributed by atoms with Crippen molar-refractivity contribution in [3.63, 3.8) is 0 Å². The highest BCUT2D eigenvalue weighted by Gasteiger charge is 2.27. The fourth-order valence-electron chi connectivity index (χ4n) is 1.79. The molecule has 0 amide bonds. The summed E-state index contributed by atoms with van der Waals surface area (Å²) in [5.41, 5.74) is 0.902. The lowest BCUT2D eigenvalue weighted by Crippen LogP contribution is -2.13. The van der Waals surface area contributed by atoms with Gasteiger partial charge in [0.25, 0.3) is 0 Å². The van der Waals surface area contributed by atoms with Crippen LogP contribution in [-0.4, -0.2) is 17.7 Å². The molecule has 0 spiro atoms. The first kappa shape index (κ1) is 11.9. The minimum absolute atomic E-state index is 0.000880. The van der Waals surface area contributed by atoms with Crippen molar-refractivity contribution in [1.29, 1.82) is 0 Å². The third-order valence-corrected chi connectivity index (χ3v) is 3.54. The van der Waals surface area contributed by atoms with Gasteiger partial charge in [0.15, 0.2) is 0 Å². The Bertz CT molecular complexity index is 342. The summed E-state index contributed by atoms with van der Waals surface area (Å²) < 4.78 is 36.0. The van der Waals surface area contributed by atoms with Gasteiger partial charge in [0.1, 0.15) is 0 Å². The summed E-state index contributed by atoms with van der Waals surface area (Å²) in [6.07, 6.45) is -2.72. The summed E-state index contributed by atoms with van der Waals surface area (Å²) in [6, 6.07) is 0.246. The lowest BCUT2D eigenvalue weighted by molar-refractivity contribution is -0.134. The number of hydrogen-bond donors (Lipinski definition) is 1. The number of halogens is 3. The van der Waals surface area contributed by atoms with Crippen LogP contribution >= 0.6 is 11.3 Å². The van der Waals surface area contributed by atoms with Gasteiger partial charge in [-0.1, -0.05) is 0 Å². The standard InChI is InChI=1S/C10H13F3N2S/c11-10(12,13)4-3-9-15-8(6-16-9)7-2-1-5-14-7/h6-7,14H,1-5H2/t7-/m0/s1. The van der Waals surface area contributed by atoms with E-state index < -0.39 is 12.6 Å². The topological polar surface area (TPSA) is 24.9 Å². The van der Waals surface area contributed by atoms with Crippen LogP contribution in [0.25, 0.3) is 0 Å². The van der Waals surface area contributed by atoms with Crippen molar-refractivity contribution >= 4 is 11.3 Å². The van der Waals surface area contributed by atoms with E-state index in [1.165, 1.54) is 11.3 Å². The molecular formula is C10H13F3N2S. The lowest BCUT2D eigenvalue weighted by atomic mass is 10.2. The zero-order valence-corrected chi connectivity index (χ0v) is 9.50. The van der Waals surface area contributed by atoms with Crippen LogP contribution in [-0.2, 0) is 6.42 Å². The molecule has 0 aliphatic carbocycles. The van der Waals surface area contributed by atoms with E-state index in [1.807, 2.05) is 5.38 Å². The van der Waals surface area contributed by atoms with Crippen LogP contribution < -0.4 is 5.32 Å². The van der Waals surface area contributed by atoms with Gasteiger partial charge >= 0.3 is 6.18 Å². The third kappa shape index (κ3) is 3.18. The van der Waals surface area contributed by atoms with Gasteiger partial charge in [0.2, 0.25) is 0 Å². The molecule has 0 radical (unpaired) electrons. The fourth-order valence-corrected chi connectivity index (χ4v) is 2.64. The normalized spacial score (nSPS) is 21.6. The molecule has 1 fully saturated rings. The van der Waals surface area contributed by atoms with Crippen molar-refractivity contribution in [3.8, 4) is 0 Å². The predicted octanol–water partition coefficient (Wildman–Crippen LogP) is 3.06. The first-order valence-corrected chi connectivity index (χ1v) is 6.17. The maximum absolute atomic E-state index is 12.0. The van der Waals surface area contributed by atoms with Crippen molar-refractivity contribution in [3.05, 3.63) is 16.1 Å². The fraction of sp³-hybridized carbons (Fsp3) is 0.700. The van der Waals surface area contributed by atoms with Crippen LogP contribution in [0.2, 0.25) is 0 Å². The van der Waals surface area contributed by atoms with Crippen molar-refractivity contribution in [2.24, 2.45) is 0 Å². The second kappa shape index (κ2) is 4.71. The van der Waals surface area contributed by atoms with Gasteiger partial charge in [-0.3, -0.25) is 0 Å². The number of alkyl halides is 3. The lowest BCUT2D eigenvalue weighted by Gasteiger charge is -2.05. The third-order valence-electron chi connectivity index (χ3n) is 2.61. The van der Waals surface area contributed by atoms with Gasteiger partial charge in [-0.15, -0.1) is 11.3 Å². The maximum atomic E-state index is 12.0. The van der Waals surface area contributed by atoms with E-state index in [1.54, 1.807) is 0 Å². The maximum Gasteiger partial charge on any atom is 0.389 e. The number of aromatic nitrogens is 1. The molecule has 1 atom stereocenters. The van der Waals surface area contributed by atoms with Gasteiger partial charge in [0.05, 0.1) is 16.7 Å². The van der Waals surface area contributed by atoms with Crippen molar-refractivity contribution in [2.45, 2.75) is 37.9 Å². The smallest absolute Gasteiger partial charge is 0.309 e. The SMILES string of the molecule is FC(F)(F)CCc1nc([C@@H]2CCCN2)cs1. The zero-order valence-electron chi connectivity index (χ0n) is 8.68. The summed E-state index contributed by atoms with van der Waals surface area (Å²) >= 11 is 1.33. The molecule has 1 saturated heterocycles. The minimum Gasteiger partial charge on any atom is -0.309 e. The Morgan fingerprint density at radius 1 is 1.50 bits per heavy atom. The number of rotatable bonds is 3. The molecule has 0 saturated carbocycles. The largest absolute Gasteiger partial charge is 0.389 e. The van der Waals surface area contributed by atoms with Crippen LogP contribution in [0.15, 0.2) is 5.38 Å². The summed E-state index contributed by atoms with van der Waals surface area (Å²) in [5, 5.41) is 5.73. The molecule has 16 heavy (non-hydrogen) atoms. The van der Waals surface area contributed by atoms with E-state index in [0.29, 0.717) is 5.01 Å². The summed E-state index contributed by atoms with van der Waals surface area (Å²) in [6.45, 7) is 0.972. The second-order valence-corrected chi connectivity index (χ2v) is 4.87. The van der Waals surface area contributed by atoms with E-state index in [2.05, 4.69) is 10.3 Å². The average molecular weight is 250 g/mol. The molecule has 1 aromatic heterocycles. The van der Waals surface area contributed by atoms with Crippen LogP contribution in [0.4, 0.5) is 13.2 Å². The quantitative estimate of drug-likeness (QED) is 0.891. The van der Waals surface area contributed by atoms with Gasteiger partial charge in [-0.25, -0.2) is 4.98 Å². The van der Waals surface area contributed by atoms with E-state index >= 15 is 0 Å². The van der Waals surface area contributed by atoms with Crippen molar-refractivity contribution in [2.75, 3.05) is 6.54 Å². The van der Waals surface area contributed by atoms with E-state index in [4.69, 9.17) is 0 Å². The predicted molar refractivity (Wildman–Crippen MR) is 56.5 cm³/mol. The monoisotopic (exact) mass is 250 g/mol. The first-order valence-electron chi connectivity index (χ1n) is 5.29. The molecule has 1 aliphatic heterocycles. The first-order chi connectivity index (χ1) is 7.54. The van der Waals surface area contributed by atoms with E-state index in [-0.39, 0.29) is 12.5 Å². The average Bonchev–Trinajstić information content (AvgIpc) is 2.84. The minimum atomic E-state index is -4.09. The van der Waals surface area contributed by atoms with Gasteiger partial charge < -0.3 is 5.32 Å². The molecule has 0 bridgehead atoms. The Kier molecular flexibility index (Phi) is 3.49. The Balaban J connectivity index is 1.91. The second-order valence-electron chi connectivity index (χ2n) is 3.93. The van der Waals surface area contributed by atoms with Crippen LogP contribution in [0.5, 0.6) is 0 Å². The van der Waals surface area contributed by atoms with Crippen LogP contribution in [0, 0.1) is 0 Å². The Hall–Kier alpha value is -0.620. The number of aryl methyl sites for hydroxylation is 1. The molecule has 2 rings (SSSR count). The highest BCUT2D eigenvalue weighted by atomic mass is 32.1. The van der Waals surface area contributed by atoms with E-state index in [9.17, 15) is 13.2 Å². The summed E-state index contributed by atoms with van der Waals surface area (Å²) in [7, 11) is 0. The Labute approximate surface area is 95.9 Å². The molecule has 2 heterocycles. The molecule has 2 nitrogen and oxygen atoms in total. The molecule has 0 aromatic carbocycles. The molecule has 1 aliphatic rings. The number of nitrogens with one attached hydrogen (secondary N) is 1. The Morgan fingerprint density at radius 2 is 2.31 bits per heavy atom. The van der Waals surface area contributed by atoms with Gasteiger partial charge in [-0.05, 0) is 19.4 Å². The van der Waals surface area contributed by atoms with E-state index in [0.717, 1.165) is 25.1 Å². The number of hydrogen-bond acceptors (Lipinski definition) is 3. The highest BCUT2D eigenvalue weighted by molar-refractivity contribution is 7.09. The zero-order chi connectivity index (χ0) is 11.6. The molecule has 0 unspecified atom stereocenters. The molecule has 90 valence electrons. The van der Waals surface area contributed by atoms with Crippen LogP contribution in [0.3, 0.4) is 0 Å². The summed E-state index contributed by atoms with van der Waals surface area (Å²) in [4.78, 5) is 4.25. The molecule has 1 aromatic rings. The van der Waals surface area contributed by atoms with Gasteiger partial charge in [-0.2, -0.15) is 13.2 Å². The number of nitrogens with zero attached hydrogens (tertiary/aromatic N) is 1. The summed E-state index contributed by atoms with van der Waals surface area (Å²) in [5.74, 6) is 0. The van der Waals surface area contributed by atoms with Gasteiger partial charge in [0, 0.05) is 18.2 Å². The van der Waals surface area contributed by atoms with Crippen molar-refractivity contribution < 1.29 is 13.2 Å². The van der Waals surface area contributed by atoms with Crippen LogP contribution in [0.1, 0.15) is 36.0 Å². The number of thiazole rings is 1. The molecule has 1 N–H and O–H groups in total.